The van der Waals surface area contributed by atoms with Crippen LogP contribution in [0.25, 0.3) is 10.8 Å². The quantitative estimate of drug-likeness (QED) is 0.226. The van der Waals surface area contributed by atoms with Gasteiger partial charge in [-0.3, -0.25) is 25.8 Å². The van der Waals surface area contributed by atoms with Gasteiger partial charge in [-0.1, -0.05) is 49.7 Å². The third kappa shape index (κ3) is 7.16. The molecule has 0 aliphatic heterocycles. The zero-order valence-electron chi connectivity index (χ0n) is 18.0. The molecular formula is C24H24BrN3O4S. The molecule has 0 aromatic heterocycles. The fourth-order valence-electron chi connectivity index (χ4n) is 2.90. The van der Waals surface area contributed by atoms with Gasteiger partial charge in [0.1, 0.15) is 11.5 Å². The summed E-state index contributed by atoms with van der Waals surface area (Å²) in [6.07, 6.45) is 1.96. The Morgan fingerprint density at radius 3 is 2.64 bits per heavy atom. The number of ether oxygens (including phenoxy) is 2. The Labute approximate surface area is 205 Å². The number of carbonyl (C=O) groups is 2. The monoisotopic (exact) mass is 529 g/mol. The molecule has 0 saturated carbocycles. The molecule has 3 N–H and O–H groups in total. The standard InChI is InChI=1S/C24H24BrN3O4S/c1-2-3-13-31-18-9-6-8-17(14-18)23(30)26-24(33)28-27-21(29)15-32-20-12-11-16-7-4-5-10-19(16)22(20)25/h4-12,14H,2-3,13,15H2,1H3,(H,27,29)(H2,26,28,30,33). The molecule has 0 fully saturated rings. The van der Waals surface area contributed by atoms with E-state index in [1.807, 2.05) is 30.3 Å². The molecule has 0 spiro atoms. The van der Waals surface area contributed by atoms with E-state index in [2.05, 4.69) is 39.0 Å². The molecule has 0 saturated heterocycles. The summed E-state index contributed by atoms with van der Waals surface area (Å²) in [5.74, 6) is 0.276. The average Bonchev–Trinajstić information content (AvgIpc) is 2.83. The van der Waals surface area contributed by atoms with Crippen molar-refractivity contribution >= 4 is 55.8 Å². The Morgan fingerprint density at radius 1 is 1.00 bits per heavy atom. The molecule has 0 heterocycles. The highest BCUT2D eigenvalue weighted by Crippen LogP contribution is 2.32. The van der Waals surface area contributed by atoms with E-state index >= 15 is 0 Å². The van der Waals surface area contributed by atoms with E-state index in [9.17, 15) is 9.59 Å². The first-order valence-corrected chi connectivity index (χ1v) is 11.6. The molecule has 7 nitrogen and oxygen atoms in total. The lowest BCUT2D eigenvalue weighted by Gasteiger charge is -2.13. The van der Waals surface area contributed by atoms with Crippen LogP contribution in [0.3, 0.4) is 0 Å². The first-order valence-electron chi connectivity index (χ1n) is 10.4. The van der Waals surface area contributed by atoms with Gasteiger partial charge in [-0.25, -0.2) is 0 Å². The van der Waals surface area contributed by atoms with E-state index in [0.29, 0.717) is 23.7 Å². The third-order valence-electron chi connectivity index (χ3n) is 4.59. The van der Waals surface area contributed by atoms with Gasteiger partial charge in [0.25, 0.3) is 11.8 Å². The Bertz CT molecular complexity index is 1160. The van der Waals surface area contributed by atoms with Crippen molar-refractivity contribution in [1.82, 2.24) is 16.2 Å². The number of benzene rings is 3. The van der Waals surface area contributed by atoms with E-state index in [1.54, 1.807) is 30.3 Å². The Morgan fingerprint density at radius 2 is 1.82 bits per heavy atom. The van der Waals surface area contributed by atoms with Crippen LogP contribution >= 0.6 is 28.1 Å². The van der Waals surface area contributed by atoms with Crippen molar-refractivity contribution in [2.75, 3.05) is 13.2 Å². The van der Waals surface area contributed by atoms with Gasteiger partial charge in [-0.15, -0.1) is 0 Å². The van der Waals surface area contributed by atoms with Gasteiger partial charge in [0.2, 0.25) is 0 Å². The molecule has 3 rings (SSSR count). The van der Waals surface area contributed by atoms with Crippen molar-refractivity contribution in [3.05, 3.63) is 70.7 Å². The van der Waals surface area contributed by atoms with Crippen LogP contribution in [0.5, 0.6) is 11.5 Å². The number of rotatable bonds is 8. The molecule has 0 aliphatic rings. The number of amides is 2. The minimum Gasteiger partial charge on any atom is -0.494 e. The van der Waals surface area contributed by atoms with Crippen molar-refractivity contribution in [3.8, 4) is 11.5 Å². The molecule has 0 unspecified atom stereocenters. The largest absolute Gasteiger partial charge is 0.494 e. The Balaban J connectivity index is 1.45. The van der Waals surface area contributed by atoms with Gasteiger partial charge in [-0.2, -0.15) is 0 Å². The molecule has 0 atom stereocenters. The van der Waals surface area contributed by atoms with Gasteiger partial charge in [-0.05, 0) is 69.6 Å². The summed E-state index contributed by atoms with van der Waals surface area (Å²) >= 11 is 8.60. The molecule has 2 amide bonds. The fourth-order valence-corrected chi connectivity index (χ4v) is 3.65. The number of halogens is 1. The smallest absolute Gasteiger partial charge is 0.276 e. The minimum absolute atomic E-state index is 0.0439. The van der Waals surface area contributed by atoms with Crippen LogP contribution in [-0.2, 0) is 4.79 Å². The number of carbonyl (C=O) groups excluding carboxylic acids is 2. The van der Waals surface area contributed by atoms with Crippen LogP contribution < -0.4 is 25.6 Å². The lowest BCUT2D eigenvalue weighted by Crippen LogP contribution is -2.49. The van der Waals surface area contributed by atoms with Crippen LogP contribution in [0, 0.1) is 0 Å². The summed E-state index contributed by atoms with van der Waals surface area (Å²) in [6, 6.07) is 18.4. The topological polar surface area (TPSA) is 88.7 Å². The van der Waals surface area contributed by atoms with Crippen LogP contribution in [-0.4, -0.2) is 30.1 Å². The maximum absolute atomic E-state index is 12.4. The number of unbranched alkanes of at least 4 members (excludes halogenated alkanes) is 1. The number of thiocarbonyl (C=S) groups is 1. The summed E-state index contributed by atoms with van der Waals surface area (Å²) in [4.78, 5) is 24.5. The normalized spacial score (nSPS) is 10.4. The summed E-state index contributed by atoms with van der Waals surface area (Å²) in [7, 11) is 0. The lowest BCUT2D eigenvalue weighted by molar-refractivity contribution is -0.123. The van der Waals surface area contributed by atoms with E-state index in [0.717, 1.165) is 28.1 Å². The number of fused-ring (bicyclic) bond motifs is 1. The zero-order valence-corrected chi connectivity index (χ0v) is 20.4. The summed E-state index contributed by atoms with van der Waals surface area (Å²) in [6.45, 7) is 2.43. The van der Waals surface area contributed by atoms with Gasteiger partial charge in [0.15, 0.2) is 11.7 Å². The van der Waals surface area contributed by atoms with Crippen molar-refractivity contribution in [2.45, 2.75) is 19.8 Å². The Hall–Kier alpha value is -3.17. The highest BCUT2D eigenvalue weighted by atomic mass is 79.9. The molecule has 0 bridgehead atoms. The SMILES string of the molecule is CCCCOc1cccc(C(=O)NC(=S)NNC(=O)COc2ccc3ccccc3c2Br)c1. The first kappa shape index (κ1) is 24.5. The number of hydrogen-bond donors (Lipinski definition) is 3. The van der Waals surface area contributed by atoms with E-state index in [1.165, 1.54) is 0 Å². The second-order valence-electron chi connectivity index (χ2n) is 7.07. The third-order valence-corrected chi connectivity index (χ3v) is 5.61. The molecule has 3 aromatic rings. The number of hydrogen-bond acceptors (Lipinski definition) is 5. The van der Waals surface area contributed by atoms with Gasteiger partial charge in [0, 0.05) is 5.56 Å². The first-order chi connectivity index (χ1) is 16.0. The van der Waals surface area contributed by atoms with Crippen molar-refractivity contribution < 1.29 is 19.1 Å². The van der Waals surface area contributed by atoms with Crippen molar-refractivity contribution in [3.63, 3.8) is 0 Å². The zero-order chi connectivity index (χ0) is 23.6. The maximum atomic E-state index is 12.4. The maximum Gasteiger partial charge on any atom is 0.276 e. The van der Waals surface area contributed by atoms with Crippen LogP contribution in [0.15, 0.2) is 65.1 Å². The van der Waals surface area contributed by atoms with Crippen molar-refractivity contribution in [2.24, 2.45) is 0 Å². The van der Waals surface area contributed by atoms with Gasteiger partial charge >= 0.3 is 0 Å². The summed E-state index contributed by atoms with van der Waals surface area (Å²) < 4.78 is 12.0. The summed E-state index contributed by atoms with van der Waals surface area (Å²) in [5.41, 5.74) is 5.29. The molecule has 9 heteroatoms. The second kappa shape index (κ2) is 12.2. The van der Waals surface area contributed by atoms with Crippen molar-refractivity contribution in [1.29, 1.82) is 0 Å². The van der Waals surface area contributed by atoms with E-state index in [4.69, 9.17) is 21.7 Å². The molecule has 33 heavy (non-hydrogen) atoms. The number of nitrogens with one attached hydrogen (secondary N) is 3. The fraction of sp³-hybridized carbons (Fsp3) is 0.208. The molecular weight excluding hydrogens is 506 g/mol. The average molecular weight is 530 g/mol. The van der Waals surface area contributed by atoms with Gasteiger partial charge < -0.3 is 9.47 Å². The molecule has 0 radical (unpaired) electrons. The number of hydrazine groups is 1. The highest BCUT2D eigenvalue weighted by Gasteiger charge is 2.11. The van der Waals surface area contributed by atoms with Crippen LogP contribution in [0.4, 0.5) is 0 Å². The lowest BCUT2D eigenvalue weighted by atomic mass is 10.1. The highest BCUT2D eigenvalue weighted by molar-refractivity contribution is 9.10. The molecule has 0 aliphatic carbocycles. The molecule has 172 valence electrons. The predicted molar refractivity (Wildman–Crippen MR) is 135 cm³/mol. The van der Waals surface area contributed by atoms with Gasteiger partial charge in [0.05, 0.1) is 11.1 Å². The summed E-state index contributed by atoms with van der Waals surface area (Å²) in [5, 5.41) is 4.51. The molecule has 3 aromatic carbocycles. The van der Waals surface area contributed by atoms with E-state index < -0.39 is 11.8 Å². The predicted octanol–water partition coefficient (Wildman–Crippen LogP) is 4.50. The second-order valence-corrected chi connectivity index (χ2v) is 8.28. The minimum atomic E-state index is -0.460. The van der Waals surface area contributed by atoms with Crippen LogP contribution in [0.2, 0.25) is 0 Å². The van der Waals surface area contributed by atoms with Crippen LogP contribution in [0.1, 0.15) is 30.1 Å². The van der Waals surface area contributed by atoms with E-state index in [-0.39, 0.29) is 11.7 Å². The Kier molecular flexibility index (Phi) is 9.03.